The summed E-state index contributed by atoms with van der Waals surface area (Å²) in [6.45, 7) is 0.610. The fraction of sp³-hybridized carbons (Fsp3) is 0.190. The first-order valence-corrected chi connectivity index (χ1v) is 9.23. The number of carbonyl (C=O) groups is 1. The molecule has 1 aliphatic rings. The summed E-state index contributed by atoms with van der Waals surface area (Å²) in [4.78, 5) is 17.8. The van der Waals surface area contributed by atoms with Crippen molar-refractivity contribution >= 4 is 17.7 Å². The molecule has 6 nitrogen and oxygen atoms in total. The van der Waals surface area contributed by atoms with Crippen molar-refractivity contribution in [2.45, 2.75) is 19.5 Å². The van der Waals surface area contributed by atoms with Gasteiger partial charge in [0.1, 0.15) is 5.82 Å². The highest BCUT2D eigenvalue weighted by atomic mass is 19.3. The number of rotatable bonds is 6. The molecule has 0 saturated heterocycles. The molecule has 1 aromatic carbocycles. The molecule has 0 unspecified atom stereocenters. The number of aromatic nitrogens is 3. The van der Waals surface area contributed by atoms with Gasteiger partial charge in [0.05, 0.1) is 18.9 Å². The standard InChI is InChI=1S/C21H18F3N5O/c22-18-9-25-6-13(21(18)16-7-26-27-8-16)2-4-20(30)28-17-3-1-14-10-29(12-19(23)24)11-15(14)5-17/h1-9,19H,10-12H2,(H,26,27)(H,28,30)/b4-2+. The van der Waals surface area contributed by atoms with Crippen molar-refractivity contribution in [2.24, 2.45) is 0 Å². The zero-order valence-electron chi connectivity index (χ0n) is 15.8. The van der Waals surface area contributed by atoms with Crippen LogP contribution in [0, 0.1) is 5.82 Å². The summed E-state index contributed by atoms with van der Waals surface area (Å²) in [5, 5.41) is 9.19. The van der Waals surface area contributed by atoms with Gasteiger partial charge in [-0.15, -0.1) is 0 Å². The van der Waals surface area contributed by atoms with E-state index in [1.54, 1.807) is 23.2 Å². The van der Waals surface area contributed by atoms with Crippen LogP contribution in [0.5, 0.6) is 0 Å². The molecule has 0 atom stereocenters. The number of aromatic amines is 1. The lowest BCUT2D eigenvalue weighted by Crippen LogP contribution is -2.22. The summed E-state index contributed by atoms with van der Waals surface area (Å²) < 4.78 is 39.4. The van der Waals surface area contributed by atoms with Crippen molar-refractivity contribution in [3.05, 3.63) is 71.6 Å². The van der Waals surface area contributed by atoms with E-state index in [4.69, 9.17) is 0 Å². The van der Waals surface area contributed by atoms with Crippen molar-refractivity contribution in [1.82, 2.24) is 20.1 Å². The molecule has 0 radical (unpaired) electrons. The zero-order valence-corrected chi connectivity index (χ0v) is 15.8. The number of fused-ring (bicyclic) bond motifs is 1. The second-order valence-electron chi connectivity index (χ2n) is 6.94. The van der Waals surface area contributed by atoms with Crippen molar-refractivity contribution in [3.63, 3.8) is 0 Å². The van der Waals surface area contributed by atoms with Gasteiger partial charge < -0.3 is 5.32 Å². The van der Waals surface area contributed by atoms with E-state index < -0.39 is 18.1 Å². The predicted molar refractivity (Wildman–Crippen MR) is 106 cm³/mol. The zero-order chi connectivity index (χ0) is 21.1. The van der Waals surface area contributed by atoms with Gasteiger partial charge in [0.25, 0.3) is 6.43 Å². The third-order valence-electron chi connectivity index (χ3n) is 4.79. The molecule has 1 amide bonds. The van der Waals surface area contributed by atoms with Crippen LogP contribution in [0.4, 0.5) is 18.9 Å². The lowest BCUT2D eigenvalue weighted by Gasteiger charge is -2.12. The SMILES string of the molecule is O=C(/C=C/c1cncc(F)c1-c1cn[nH]c1)Nc1ccc2c(c1)CN(CC(F)F)C2. The van der Waals surface area contributed by atoms with E-state index in [2.05, 4.69) is 20.5 Å². The Morgan fingerprint density at radius 2 is 2.07 bits per heavy atom. The Morgan fingerprint density at radius 1 is 1.23 bits per heavy atom. The van der Waals surface area contributed by atoms with Gasteiger partial charge in [-0.25, -0.2) is 13.2 Å². The van der Waals surface area contributed by atoms with Gasteiger partial charge in [0.2, 0.25) is 5.91 Å². The fourth-order valence-electron chi connectivity index (χ4n) is 3.49. The van der Waals surface area contributed by atoms with Crippen LogP contribution in [0.1, 0.15) is 16.7 Å². The molecule has 0 bridgehead atoms. The van der Waals surface area contributed by atoms with Crippen LogP contribution >= 0.6 is 0 Å². The van der Waals surface area contributed by atoms with Crippen molar-refractivity contribution < 1.29 is 18.0 Å². The molecule has 4 rings (SSSR count). The average molecular weight is 413 g/mol. The number of benzene rings is 1. The van der Waals surface area contributed by atoms with Crippen LogP contribution in [-0.2, 0) is 17.9 Å². The normalized spacial score (nSPS) is 13.9. The Kier molecular flexibility index (Phi) is 5.62. The van der Waals surface area contributed by atoms with Gasteiger partial charge in [0, 0.05) is 53.9 Å². The number of nitrogens with one attached hydrogen (secondary N) is 2. The highest BCUT2D eigenvalue weighted by Gasteiger charge is 2.22. The Bertz CT molecular complexity index is 1080. The summed E-state index contributed by atoms with van der Waals surface area (Å²) >= 11 is 0. The molecule has 3 aromatic rings. The van der Waals surface area contributed by atoms with Gasteiger partial charge in [-0.3, -0.25) is 19.8 Å². The number of alkyl halides is 2. The fourth-order valence-corrected chi connectivity index (χ4v) is 3.49. The van der Waals surface area contributed by atoms with Gasteiger partial charge in [-0.2, -0.15) is 5.10 Å². The number of H-pyrrole nitrogens is 1. The van der Waals surface area contributed by atoms with Crippen LogP contribution in [0.25, 0.3) is 17.2 Å². The van der Waals surface area contributed by atoms with E-state index >= 15 is 0 Å². The lowest BCUT2D eigenvalue weighted by atomic mass is 10.0. The molecule has 2 aromatic heterocycles. The average Bonchev–Trinajstić information content (AvgIpc) is 3.35. The number of carbonyl (C=O) groups excluding carboxylic acids is 1. The first-order valence-electron chi connectivity index (χ1n) is 9.23. The van der Waals surface area contributed by atoms with Crippen molar-refractivity contribution in [1.29, 1.82) is 0 Å². The Hall–Kier alpha value is -3.46. The summed E-state index contributed by atoms with van der Waals surface area (Å²) in [6.07, 6.45) is 5.98. The molecule has 154 valence electrons. The molecule has 1 aliphatic heterocycles. The van der Waals surface area contributed by atoms with Crippen molar-refractivity contribution in [3.8, 4) is 11.1 Å². The monoisotopic (exact) mass is 413 g/mol. The van der Waals surface area contributed by atoms with Gasteiger partial charge in [-0.1, -0.05) is 6.07 Å². The molecule has 0 spiro atoms. The molecule has 9 heteroatoms. The molecule has 0 saturated carbocycles. The molecule has 0 aliphatic carbocycles. The number of pyridine rings is 1. The molecule has 0 fully saturated rings. The van der Waals surface area contributed by atoms with Gasteiger partial charge in [-0.05, 0) is 29.3 Å². The van der Waals surface area contributed by atoms with Gasteiger partial charge >= 0.3 is 0 Å². The lowest BCUT2D eigenvalue weighted by molar-refractivity contribution is -0.111. The van der Waals surface area contributed by atoms with Crippen LogP contribution in [-0.4, -0.2) is 39.0 Å². The maximum absolute atomic E-state index is 14.2. The topological polar surface area (TPSA) is 73.9 Å². The summed E-state index contributed by atoms with van der Waals surface area (Å²) in [7, 11) is 0. The highest BCUT2D eigenvalue weighted by molar-refractivity contribution is 6.02. The number of nitrogens with zero attached hydrogens (tertiary/aromatic N) is 3. The quantitative estimate of drug-likeness (QED) is 0.602. The minimum atomic E-state index is -2.38. The minimum absolute atomic E-state index is 0.278. The minimum Gasteiger partial charge on any atom is -0.323 e. The van der Waals surface area contributed by atoms with Crippen LogP contribution in [0.2, 0.25) is 0 Å². The molecule has 2 N–H and O–H groups in total. The number of amides is 1. The second kappa shape index (κ2) is 8.50. The summed E-state index contributed by atoms with van der Waals surface area (Å²) in [5.41, 5.74) is 3.72. The third-order valence-corrected chi connectivity index (χ3v) is 4.79. The number of halogens is 3. The Labute approximate surface area is 170 Å². The maximum Gasteiger partial charge on any atom is 0.251 e. The first kappa shape index (κ1) is 19.8. The molecule has 30 heavy (non-hydrogen) atoms. The number of hydrogen-bond donors (Lipinski definition) is 2. The third kappa shape index (κ3) is 4.41. The summed E-state index contributed by atoms with van der Waals surface area (Å²) in [6, 6.07) is 5.35. The van der Waals surface area contributed by atoms with Crippen LogP contribution in [0.3, 0.4) is 0 Å². The van der Waals surface area contributed by atoms with Crippen molar-refractivity contribution in [2.75, 3.05) is 11.9 Å². The maximum atomic E-state index is 14.2. The summed E-state index contributed by atoms with van der Waals surface area (Å²) in [5.74, 6) is -0.925. The molecular formula is C21H18F3N5O. The van der Waals surface area contributed by atoms with Gasteiger partial charge in [0.15, 0.2) is 0 Å². The van der Waals surface area contributed by atoms with E-state index in [-0.39, 0.29) is 6.54 Å². The van der Waals surface area contributed by atoms with E-state index in [0.717, 1.165) is 17.3 Å². The van der Waals surface area contributed by atoms with E-state index in [1.165, 1.54) is 24.5 Å². The van der Waals surface area contributed by atoms with E-state index in [9.17, 15) is 18.0 Å². The van der Waals surface area contributed by atoms with Crippen LogP contribution < -0.4 is 5.32 Å². The molecular weight excluding hydrogens is 395 g/mol. The largest absolute Gasteiger partial charge is 0.323 e. The van der Waals surface area contributed by atoms with E-state index in [1.807, 2.05) is 6.07 Å². The highest BCUT2D eigenvalue weighted by Crippen LogP contribution is 2.27. The Morgan fingerprint density at radius 3 is 2.83 bits per heavy atom. The smallest absolute Gasteiger partial charge is 0.251 e. The number of hydrogen-bond acceptors (Lipinski definition) is 4. The molecule has 3 heterocycles. The first-order chi connectivity index (χ1) is 14.5. The Balaban J connectivity index is 1.46. The predicted octanol–water partition coefficient (Wildman–Crippen LogP) is 3.84. The second-order valence-corrected chi connectivity index (χ2v) is 6.94. The van der Waals surface area contributed by atoms with E-state index in [0.29, 0.717) is 35.5 Å². The number of anilines is 1. The van der Waals surface area contributed by atoms with Crippen LogP contribution in [0.15, 0.2) is 49.1 Å².